The van der Waals surface area contributed by atoms with Crippen LogP contribution in [0.3, 0.4) is 0 Å². The van der Waals surface area contributed by atoms with Gasteiger partial charge in [0, 0.05) is 12.1 Å². The molecule has 6 nitrogen and oxygen atoms in total. The summed E-state index contributed by atoms with van der Waals surface area (Å²) in [6.07, 6.45) is 0.578. The number of hydrogen-bond acceptors (Lipinski definition) is 5. The number of benzene rings is 1. The smallest absolute Gasteiger partial charge is 0.236 e. The van der Waals surface area contributed by atoms with Crippen molar-refractivity contribution < 1.29 is 14.3 Å². The van der Waals surface area contributed by atoms with Crippen molar-refractivity contribution >= 4 is 17.4 Å². The monoisotopic (exact) mass is 207 g/mol. The molecule has 78 valence electrons. The zero-order chi connectivity index (χ0) is 10.8. The van der Waals surface area contributed by atoms with Gasteiger partial charge in [-0.25, -0.2) is 0 Å². The highest BCUT2D eigenvalue weighted by Gasteiger charge is 2.11. The molecular formula is C9H9N3O3. The minimum Gasteiger partial charge on any atom is -0.497 e. The zero-order valence-electron chi connectivity index (χ0n) is 8.30. The summed E-state index contributed by atoms with van der Waals surface area (Å²) in [4.78, 5) is 10.7. The van der Waals surface area contributed by atoms with Crippen LogP contribution in [-0.2, 0) is 4.79 Å². The van der Waals surface area contributed by atoms with Crippen LogP contribution in [0.1, 0.15) is 0 Å². The molecule has 0 aliphatic heterocycles. The molecule has 0 aliphatic carbocycles. The summed E-state index contributed by atoms with van der Waals surface area (Å²) in [6.45, 7) is 0. The predicted octanol–water partition coefficient (Wildman–Crippen LogP) is 0.487. The highest BCUT2D eigenvalue weighted by Crippen LogP contribution is 2.28. The number of fused-ring (bicyclic) bond motifs is 1. The van der Waals surface area contributed by atoms with E-state index in [1.54, 1.807) is 12.1 Å². The maximum atomic E-state index is 10.7. The average molecular weight is 207 g/mol. The van der Waals surface area contributed by atoms with Crippen molar-refractivity contribution in [2.24, 2.45) is 0 Å². The molecule has 0 unspecified atom stereocenters. The van der Waals surface area contributed by atoms with Crippen LogP contribution < -0.4 is 9.47 Å². The van der Waals surface area contributed by atoms with E-state index in [0.29, 0.717) is 28.9 Å². The van der Waals surface area contributed by atoms with Crippen molar-refractivity contribution in [3.05, 3.63) is 12.1 Å². The van der Waals surface area contributed by atoms with Crippen molar-refractivity contribution in [2.75, 3.05) is 14.2 Å². The lowest BCUT2D eigenvalue weighted by atomic mass is 10.2. The van der Waals surface area contributed by atoms with E-state index in [2.05, 4.69) is 10.3 Å². The normalized spacial score (nSPS) is 10.3. The largest absolute Gasteiger partial charge is 0.497 e. The highest BCUT2D eigenvalue weighted by atomic mass is 16.5. The Bertz CT molecular complexity index is 507. The molecule has 2 rings (SSSR count). The van der Waals surface area contributed by atoms with Gasteiger partial charge in [0.2, 0.25) is 6.41 Å². The lowest BCUT2D eigenvalue weighted by Crippen LogP contribution is -1.96. The number of ether oxygens (including phenoxy) is 2. The summed E-state index contributed by atoms with van der Waals surface area (Å²) < 4.78 is 11.3. The van der Waals surface area contributed by atoms with Gasteiger partial charge >= 0.3 is 0 Å². The van der Waals surface area contributed by atoms with E-state index in [4.69, 9.17) is 9.47 Å². The van der Waals surface area contributed by atoms with Crippen LogP contribution in [0.5, 0.6) is 11.5 Å². The first kappa shape index (κ1) is 9.45. The van der Waals surface area contributed by atoms with Crippen molar-refractivity contribution in [1.29, 1.82) is 0 Å². The van der Waals surface area contributed by atoms with Gasteiger partial charge in [-0.2, -0.15) is 4.68 Å². The van der Waals surface area contributed by atoms with Crippen molar-refractivity contribution in [2.45, 2.75) is 0 Å². The molecular weight excluding hydrogens is 198 g/mol. The standard InChI is InChI=1S/C9H9N3O3/c1-14-6-3-7-9(8(4-6)15-2)10-11-12(7)5-13/h3-5H,1-2H3. The third-order valence-corrected chi connectivity index (χ3v) is 2.07. The van der Waals surface area contributed by atoms with Gasteiger partial charge in [-0.05, 0) is 0 Å². The van der Waals surface area contributed by atoms with Gasteiger partial charge in [0.25, 0.3) is 0 Å². The van der Waals surface area contributed by atoms with Gasteiger partial charge in [-0.1, -0.05) is 5.21 Å². The molecule has 0 fully saturated rings. The fraction of sp³-hybridized carbons (Fsp3) is 0.222. The summed E-state index contributed by atoms with van der Waals surface area (Å²) >= 11 is 0. The van der Waals surface area contributed by atoms with Crippen molar-refractivity contribution in [1.82, 2.24) is 15.0 Å². The second-order valence-corrected chi connectivity index (χ2v) is 2.84. The van der Waals surface area contributed by atoms with E-state index in [-0.39, 0.29) is 0 Å². The molecule has 0 atom stereocenters. The topological polar surface area (TPSA) is 66.2 Å². The molecule has 0 radical (unpaired) electrons. The summed E-state index contributed by atoms with van der Waals surface area (Å²) in [5.41, 5.74) is 1.09. The highest BCUT2D eigenvalue weighted by molar-refractivity contribution is 5.86. The molecule has 0 spiro atoms. The van der Waals surface area contributed by atoms with Crippen LogP contribution in [0.4, 0.5) is 0 Å². The SMILES string of the molecule is COc1cc(OC)c2nnn(C=O)c2c1. The first-order chi connectivity index (χ1) is 7.30. The Morgan fingerprint density at radius 2 is 2.13 bits per heavy atom. The number of carbonyl (C=O) groups is 1. The molecule has 0 N–H and O–H groups in total. The van der Waals surface area contributed by atoms with Gasteiger partial charge in [0.15, 0.2) is 11.3 Å². The number of aromatic nitrogens is 3. The summed E-state index contributed by atoms with van der Waals surface area (Å²) in [7, 11) is 3.06. The van der Waals surface area contributed by atoms with Crippen molar-refractivity contribution in [3.63, 3.8) is 0 Å². The Balaban J connectivity index is 2.77. The Morgan fingerprint density at radius 1 is 1.33 bits per heavy atom. The second kappa shape index (κ2) is 3.56. The average Bonchev–Trinajstić information content (AvgIpc) is 2.70. The first-order valence-corrected chi connectivity index (χ1v) is 4.22. The van der Waals surface area contributed by atoms with E-state index in [1.807, 2.05) is 0 Å². The molecule has 1 aromatic heterocycles. The number of nitrogens with zero attached hydrogens (tertiary/aromatic N) is 3. The predicted molar refractivity (Wildman–Crippen MR) is 52.8 cm³/mol. The van der Waals surface area contributed by atoms with Crippen LogP contribution in [0.15, 0.2) is 12.1 Å². The second-order valence-electron chi connectivity index (χ2n) is 2.84. The molecule has 1 heterocycles. The first-order valence-electron chi connectivity index (χ1n) is 4.22. The van der Waals surface area contributed by atoms with Crippen molar-refractivity contribution in [3.8, 4) is 11.5 Å². The summed E-state index contributed by atoms with van der Waals surface area (Å²) in [5.74, 6) is 1.11. The van der Waals surface area contributed by atoms with Gasteiger partial charge in [-0.3, -0.25) is 4.79 Å². The third kappa shape index (κ3) is 1.39. The Hall–Kier alpha value is -2.11. The Morgan fingerprint density at radius 3 is 2.73 bits per heavy atom. The lowest BCUT2D eigenvalue weighted by molar-refractivity contribution is 0.397. The molecule has 1 aromatic carbocycles. The van der Waals surface area contributed by atoms with Crippen LogP contribution >= 0.6 is 0 Å². The summed E-state index contributed by atoms with van der Waals surface area (Å²) in [5, 5.41) is 7.50. The number of rotatable bonds is 3. The van der Waals surface area contributed by atoms with Gasteiger partial charge in [-0.15, -0.1) is 5.10 Å². The number of hydrogen-bond donors (Lipinski definition) is 0. The van der Waals surface area contributed by atoms with Crippen LogP contribution in [0.25, 0.3) is 11.0 Å². The van der Waals surface area contributed by atoms with Crippen LogP contribution in [0, 0.1) is 0 Å². The van der Waals surface area contributed by atoms with E-state index in [9.17, 15) is 4.79 Å². The molecule has 0 aliphatic rings. The number of carbonyl (C=O) groups excluding carboxylic acids is 1. The molecule has 0 saturated heterocycles. The van der Waals surface area contributed by atoms with Gasteiger partial charge in [0.05, 0.1) is 14.2 Å². The molecule has 0 bridgehead atoms. The number of methoxy groups -OCH3 is 2. The van der Waals surface area contributed by atoms with E-state index >= 15 is 0 Å². The van der Waals surface area contributed by atoms with Gasteiger partial charge < -0.3 is 9.47 Å². The maximum absolute atomic E-state index is 10.7. The molecule has 0 amide bonds. The van der Waals surface area contributed by atoms with Gasteiger partial charge in [0.1, 0.15) is 11.3 Å². The minimum absolute atomic E-state index is 0.525. The fourth-order valence-corrected chi connectivity index (χ4v) is 1.34. The van der Waals surface area contributed by atoms with E-state index < -0.39 is 0 Å². The minimum atomic E-state index is 0.525. The van der Waals surface area contributed by atoms with Crippen LogP contribution in [0.2, 0.25) is 0 Å². The Kier molecular flexibility index (Phi) is 2.24. The lowest BCUT2D eigenvalue weighted by Gasteiger charge is -2.04. The van der Waals surface area contributed by atoms with E-state index in [0.717, 1.165) is 4.68 Å². The Labute approximate surface area is 85.4 Å². The fourth-order valence-electron chi connectivity index (χ4n) is 1.34. The zero-order valence-corrected chi connectivity index (χ0v) is 8.30. The van der Waals surface area contributed by atoms with Crippen LogP contribution in [-0.4, -0.2) is 35.6 Å². The van der Waals surface area contributed by atoms with E-state index in [1.165, 1.54) is 14.2 Å². The molecule has 6 heteroatoms. The maximum Gasteiger partial charge on any atom is 0.236 e. The summed E-state index contributed by atoms with van der Waals surface area (Å²) in [6, 6.07) is 3.36. The quantitative estimate of drug-likeness (QED) is 0.685. The molecule has 15 heavy (non-hydrogen) atoms. The third-order valence-electron chi connectivity index (χ3n) is 2.07. The molecule has 2 aromatic rings. The molecule has 0 saturated carbocycles.